The average molecular weight is 494 g/mol. The quantitative estimate of drug-likeness (QED) is 0.515. The van der Waals surface area contributed by atoms with E-state index in [4.69, 9.17) is 4.74 Å². The Morgan fingerprint density at radius 3 is 2.34 bits per heavy atom. The van der Waals surface area contributed by atoms with Crippen LogP contribution in [0.1, 0.15) is 23.2 Å². The summed E-state index contributed by atoms with van der Waals surface area (Å²) in [5.74, 6) is -0.272. The van der Waals surface area contributed by atoms with Crippen LogP contribution >= 0.6 is 0 Å². The Balaban J connectivity index is 1.63. The van der Waals surface area contributed by atoms with Gasteiger partial charge in [-0.05, 0) is 49.2 Å². The summed E-state index contributed by atoms with van der Waals surface area (Å²) in [7, 11) is -2.58. The van der Waals surface area contributed by atoms with Gasteiger partial charge in [0.25, 0.3) is 15.9 Å². The highest BCUT2D eigenvalue weighted by molar-refractivity contribution is 7.92. The molecule has 1 saturated heterocycles. The van der Waals surface area contributed by atoms with E-state index < -0.39 is 22.5 Å². The molecule has 0 unspecified atom stereocenters. The first-order valence-electron chi connectivity index (χ1n) is 11.3. The van der Waals surface area contributed by atoms with E-state index in [0.717, 1.165) is 17.1 Å². The van der Waals surface area contributed by atoms with Crippen molar-refractivity contribution >= 4 is 33.2 Å². The number of rotatable bonds is 8. The van der Waals surface area contributed by atoms with Gasteiger partial charge in [0.2, 0.25) is 5.91 Å². The second kappa shape index (κ2) is 10.6. The van der Waals surface area contributed by atoms with Gasteiger partial charge in [0.1, 0.15) is 12.3 Å². The van der Waals surface area contributed by atoms with Crippen molar-refractivity contribution in [1.29, 1.82) is 0 Å². The minimum absolute atomic E-state index is 0.0558. The molecular weight excluding hydrogens is 466 g/mol. The molecule has 1 heterocycles. The molecule has 2 amide bonds. The van der Waals surface area contributed by atoms with Crippen LogP contribution in [0.25, 0.3) is 0 Å². The van der Waals surface area contributed by atoms with Crippen molar-refractivity contribution in [2.24, 2.45) is 0 Å². The predicted octanol–water partition coefficient (Wildman–Crippen LogP) is 3.77. The number of carbonyl (C=O) groups is 2. The molecule has 3 aromatic rings. The molecule has 1 aliphatic heterocycles. The minimum atomic E-state index is -4.06. The monoisotopic (exact) mass is 493 g/mol. The lowest BCUT2D eigenvalue weighted by Gasteiger charge is -2.25. The van der Waals surface area contributed by atoms with Crippen LogP contribution in [0.2, 0.25) is 0 Å². The summed E-state index contributed by atoms with van der Waals surface area (Å²) in [5, 5.41) is 2.74. The zero-order valence-electron chi connectivity index (χ0n) is 19.4. The van der Waals surface area contributed by atoms with Crippen molar-refractivity contribution in [1.82, 2.24) is 4.90 Å². The van der Waals surface area contributed by atoms with Gasteiger partial charge >= 0.3 is 0 Å². The van der Waals surface area contributed by atoms with Gasteiger partial charge in [-0.15, -0.1) is 0 Å². The first-order chi connectivity index (χ1) is 16.9. The predicted molar refractivity (Wildman–Crippen MR) is 134 cm³/mol. The van der Waals surface area contributed by atoms with Crippen LogP contribution < -0.4 is 14.4 Å². The highest BCUT2D eigenvalue weighted by Crippen LogP contribution is 2.27. The van der Waals surface area contributed by atoms with Crippen LogP contribution in [0.15, 0.2) is 83.8 Å². The van der Waals surface area contributed by atoms with Gasteiger partial charge in [-0.3, -0.25) is 13.9 Å². The van der Waals surface area contributed by atoms with Crippen LogP contribution in [0.5, 0.6) is 5.75 Å². The van der Waals surface area contributed by atoms with Crippen LogP contribution in [0.4, 0.5) is 11.4 Å². The smallest absolute Gasteiger partial charge is 0.264 e. The maximum Gasteiger partial charge on any atom is 0.264 e. The largest absolute Gasteiger partial charge is 0.497 e. The Hall–Kier alpha value is -3.85. The Labute approximate surface area is 205 Å². The van der Waals surface area contributed by atoms with E-state index in [2.05, 4.69) is 5.32 Å². The Morgan fingerprint density at radius 1 is 0.943 bits per heavy atom. The minimum Gasteiger partial charge on any atom is -0.497 e. The molecule has 0 atom stereocenters. The number of carbonyl (C=O) groups excluding carboxylic acids is 2. The van der Waals surface area contributed by atoms with Crippen molar-refractivity contribution in [2.45, 2.75) is 17.7 Å². The maximum absolute atomic E-state index is 13.5. The Bertz CT molecular complexity index is 1310. The number of sulfonamides is 1. The SMILES string of the molecule is COc1cccc(N(CC(=O)Nc2ccccc2C(=O)N2CCCC2)S(=O)(=O)c2ccccc2)c1. The number of nitrogens with one attached hydrogen (secondary N) is 1. The summed E-state index contributed by atoms with van der Waals surface area (Å²) < 4.78 is 33.3. The average Bonchev–Trinajstić information content (AvgIpc) is 3.43. The van der Waals surface area contributed by atoms with E-state index in [0.29, 0.717) is 30.1 Å². The van der Waals surface area contributed by atoms with Crippen molar-refractivity contribution in [3.05, 3.63) is 84.4 Å². The molecule has 0 bridgehead atoms. The Kier molecular flexibility index (Phi) is 7.36. The third kappa shape index (κ3) is 5.46. The third-order valence-corrected chi connectivity index (χ3v) is 7.57. The standard InChI is InChI=1S/C26H27N3O5S/c1-34-21-11-9-10-20(18-21)29(35(32,33)22-12-3-2-4-13-22)19-25(30)27-24-15-6-5-14-23(24)26(31)28-16-7-8-17-28/h2-6,9-15,18H,7-8,16-17,19H2,1H3,(H,27,30). The third-order valence-electron chi connectivity index (χ3n) is 5.78. The number of ether oxygens (including phenoxy) is 1. The van der Waals surface area contributed by atoms with Crippen molar-refractivity contribution < 1.29 is 22.7 Å². The first-order valence-corrected chi connectivity index (χ1v) is 12.7. The molecule has 35 heavy (non-hydrogen) atoms. The van der Waals surface area contributed by atoms with Crippen LogP contribution in [0.3, 0.4) is 0 Å². The van der Waals surface area contributed by atoms with Crippen molar-refractivity contribution in [2.75, 3.05) is 36.4 Å². The lowest BCUT2D eigenvalue weighted by atomic mass is 10.1. The number of nitrogens with zero attached hydrogens (tertiary/aromatic N) is 2. The van der Waals surface area contributed by atoms with Crippen LogP contribution in [0, 0.1) is 0 Å². The van der Waals surface area contributed by atoms with Gasteiger partial charge in [-0.2, -0.15) is 0 Å². The fourth-order valence-corrected chi connectivity index (χ4v) is 5.42. The van der Waals surface area contributed by atoms with Gasteiger partial charge < -0.3 is 15.0 Å². The van der Waals surface area contributed by atoms with Crippen LogP contribution in [-0.2, 0) is 14.8 Å². The lowest BCUT2D eigenvalue weighted by Crippen LogP contribution is -2.38. The second-order valence-electron chi connectivity index (χ2n) is 8.12. The summed E-state index contributed by atoms with van der Waals surface area (Å²) in [6.45, 7) is 0.872. The lowest BCUT2D eigenvalue weighted by molar-refractivity contribution is -0.114. The molecule has 1 aliphatic rings. The number of anilines is 2. The topological polar surface area (TPSA) is 96.0 Å². The van der Waals surface area contributed by atoms with Gasteiger partial charge in [-0.25, -0.2) is 8.42 Å². The molecule has 0 aromatic heterocycles. The summed E-state index contributed by atoms with van der Waals surface area (Å²) in [6, 6.07) is 21.2. The summed E-state index contributed by atoms with van der Waals surface area (Å²) in [6.07, 6.45) is 1.90. The van der Waals surface area contributed by atoms with Gasteiger partial charge in [0, 0.05) is 19.2 Å². The molecule has 3 aromatic carbocycles. The van der Waals surface area contributed by atoms with E-state index in [1.807, 2.05) is 0 Å². The molecule has 4 rings (SSSR count). The normalized spacial score (nSPS) is 13.3. The molecular formula is C26H27N3O5S. The molecule has 0 spiro atoms. The van der Waals surface area contributed by atoms with E-state index in [9.17, 15) is 18.0 Å². The molecule has 182 valence electrons. The van der Waals surface area contributed by atoms with E-state index in [1.165, 1.54) is 19.2 Å². The second-order valence-corrected chi connectivity index (χ2v) is 9.98. The van der Waals surface area contributed by atoms with E-state index >= 15 is 0 Å². The summed E-state index contributed by atoms with van der Waals surface area (Å²) in [5.41, 5.74) is 1.00. The maximum atomic E-state index is 13.5. The number of hydrogen-bond donors (Lipinski definition) is 1. The molecule has 0 saturated carbocycles. The number of methoxy groups -OCH3 is 1. The van der Waals surface area contributed by atoms with Gasteiger partial charge in [0.05, 0.1) is 28.9 Å². The van der Waals surface area contributed by atoms with Gasteiger partial charge in [0.15, 0.2) is 0 Å². The number of amides is 2. The fourth-order valence-electron chi connectivity index (χ4n) is 3.99. The van der Waals surface area contributed by atoms with Crippen molar-refractivity contribution in [3.8, 4) is 5.75 Å². The number of benzene rings is 3. The molecule has 9 heteroatoms. The van der Waals surface area contributed by atoms with Gasteiger partial charge in [-0.1, -0.05) is 36.4 Å². The van der Waals surface area contributed by atoms with Crippen molar-refractivity contribution in [3.63, 3.8) is 0 Å². The molecule has 1 N–H and O–H groups in total. The first kappa shape index (κ1) is 24.3. The number of likely N-dealkylation sites (tertiary alicyclic amines) is 1. The molecule has 8 nitrogen and oxygen atoms in total. The zero-order chi connectivity index (χ0) is 24.8. The molecule has 0 aliphatic carbocycles. The Morgan fingerprint density at radius 2 is 1.63 bits per heavy atom. The fraction of sp³-hybridized carbons (Fsp3) is 0.231. The van der Waals surface area contributed by atoms with E-state index in [-0.39, 0.29) is 16.5 Å². The highest BCUT2D eigenvalue weighted by atomic mass is 32.2. The number of hydrogen-bond acceptors (Lipinski definition) is 5. The molecule has 1 fully saturated rings. The molecule has 0 radical (unpaired) electrons. The highest BCUT2D eigenvalue weighted by Gasteiger charge is 2.28. The van der Waals surface area contributed by atoms with Crippen LogP contribution in [-0.4, -0.2) is 51.9 Å². The number of para-hydroxylation sites is 1. The summed E-state index contributed by atoms with van der Waals surface area (Å²) >= 11 is 0. The van der Waals surface area contributed by atoms with E-state index in [1.54, 1.807) is 71.6 Å². The zero-order valence-corrected chi connectivity index (χ0v) is 20.2. The summed E-state index contributed by atoms with van der Waals surface area (Å²) in [4.78, 5) is 27.9.